The summed E-state index contributed by atoms with van der Waals surface area (Å²) < 4.78 is 27.6. The standard InChI is InChI=1S/C17H15ClN2O2S/c1-12(15-8-4-6-13-5-2-3-7-16(13)15)20-23(21,22)14-9-10-17(18)19-11-14/h2-12,20H,1H3. The third kappa shape index (κ3) is 3.37. The third-order valence-electron chi connectivity index (χ3n) is 3.63. The van der Waals surface area contributed by atoms with Crippen LogP contribution in [0.5, 0.6) is 0 Å². The van der Waals surface area contributed by atoms with Gasteiger partial charge >= 0.3 is 0 Å². The molecule has 0 fully saturated rings. The van der Waals surface area contributed by atoms with Crippen LogP contribution in [0.1, 0.15) is 18.5 Å². The highest BCUT2D eigenvalue weighted by molar-refractivity contribution is 7.89. The van der Waals surface area contributed by atoms with Crippen molar-refractivity contribution in [2.45, 2.75) is 17.9 Å². The average molecular weight is 347 g/mol. The highest BCUT2D eigenvalue weighted by atomic mass is 35.5. The Morgan fingerprint density at radius 2 is 1.78 bits per heavy atom. The van der Waals surface area contributed by atoms with Crippen molar-refractivity contribution >= 4 is 32.4 Å². The Hall–Kier alpha value is -1.95. The number of nitrogens with one attached hydrogen (secondary N) is 1. The Balaban J connectivity index is 1.94. The zero-order valence-corrected chi connectivity index (χ0v) is 14.0. The molecular formula is C17H15ClN2O2S. The quantitative estimate of drug-likeness (QED) is 0.728. The molecule has 0 aliphatic rings. The van der Waals surface area contributed by atoms with Gasteiger partial charge in [-0.2, -0.15) is 0 Å². The van der Waals surface area contributed by atoms with Gasteiger partial charge in [-0.25, -0.2) is 18.1 Å². The predicted molar refractivity (Wildman–Crippen MR) is 91.9 cm³/mol. The molecule has 0 amide bonds. The van der Waals surface area contributed by atoms with Crippen LogP contribution in [-0.2, 0) is 10.0 Å². The number of hydrogen-bond acceptors (Lipinski definition) is 3. The molecule has 3 rings (SSSR count). The van der Waals surface area contributed by atoms with Gasteiger partial charge in [0.1, 0.15) is 10.0 Å². The molecule has 23 heavy (non-hydrogen) atoms. The average Bonchev–Trinajstić information content (AvgIpc) is 2.54. The predicted octanol–water partition coefficient (Wildman–Crippen LogP) is 3.93. The number of pyridine rings is 1. The van der Waals surface area contributed by atoms with E-state index in [0.29, 0.717) is 0 Å². The monoisotopic (exact) mass is 346 g/mol. The molecule has 1 unspecified atom stereocenters. The minimum absolute atomic E-state index is 0.0917. The van der Waals surface area contributed by atoms with Crippen LogP contribution >= 0.6 is 11.6 Å². The lowest BCUT2D eigenvalue weighted by molar-refractivity contribution is 0.567. The first-order chi connectivity index (χ1) is 11.0. The van der Waals surface area contributed by atoms with Crippen LogP contribution in [0.25, 0.3) is 10.8 Å². The van der Waals surface area contributed by atoms with Crippen LogP contribution in [0.3, 0.4) is 0 Å². The summed E-state index contributed by atoms with van der Waals surface area (Å²) in [7, 11) is -3.66. The molecule has 1 aromatic heterocycles. The molecule has 1 N–H and O–H groups in total. The summed E-state index contributed by atoms with van der Waals surface area (Å²) in [6.45, 7) is 1.82. The Bertz CT molecular complexity index is 935. The topological polar surface area (TPSA) is 59.1 Å². The second-order valence-electron chi connectivity index (χ2n) is 5.23. The summed E-state index contributed by atoms with van der Waals surface area (Å²) in [5, 5.41) is 2.36. The molecule has 0 saturated heterocycles. The van der Waals surface area contributed by atoms with Crippen molar-refractivity contribution in [2.75, 3.05) is 0 Å². The SMILES string of the molecule is CC(NS(=O)(=O)c1ccc(Cl)nc1)c1cccc2ccccc12. The zero-order valence-electron chi connectivity index (χ0n) is 12.4. The first-order valence-corrected chi connectivity index (χ1v) is 8.95. The fraction of sp³-hybridized carbons (Fsp3) is 0.118. The molecule has 3 aromatic rings. The Morgan fingerprint density at radius 1 is 1.04 bits per heavy atom. The summed E-state index contributed by atoms with van der Waals surface area (Å²) in [6.07, 6.45) is 1.25. The molecule has 0 aliphatic carbocycles. The van der Waals surface area contributed by atoms with Gasteiger partial charge in [0, 0.05) is 12.2 Å². The van der Waals surface area contributed by atoms with Gasteiger partial charge in [-0.3, -0.25) is 0 Å². The summed E-state index contributed by atoms with van der Waals surface area (Å²) in [4.78, 5) is 3.91. The fourth-order valence-corrected chi connectivity index (χ4v) is 3.79. The Morgan fingerprint density at radius 3 is 2.52 bits per heavy atom. The summed E-state index contributed by atoms with van der Waals surface area (Å²) in [5.74, 6) is 0. The lowest BCUT2D eigenvalue weighted by Gasteiger charge is -2.16. The Kier molecular flexibility index (Phi) is 4.35. The van der Waals surface area contributed by atoms with Crippen LogP contribution in [0.15, 0.2) is 65.7 Å². The van der Waals surface area contributed by atoms with E-state index in [-0.39, 0.29) is 16.1 Å². The number of halogens is 1. The van der Waals surface area contributed by atoms with Crippen molar-refractivity contribution in [2.24, 2.45) is 0 Å². The molecule has 0 saturated carbocycles. The first kappa shape index (κ1) is 15.9. The number of nitrogens with zero attached hydrogens (tertiary/aromatic N) is 1. The molecule has 118 valence electrons. The van der Waals surface area contributed by atoms with Crippen molar-refractivity contribution in [1.29, 1.82) is 0 Å². The summed E-state index contributed by atoms with van der Waals surface area (Å²) in [5.41, 5.74) is 0.925. The van der Waals surface area contributed by atoms with Crippen molar-refractivity contribution in [3.8, 4) is 0 Å². The molecule has 2 aromatic carbocycles. The third-order valence-corrected chi connectivity index (χ3v) is 5.38. The summed E-state index contributed by atoms with van der Waals surface area (Å²) in [6, 6.07) is 16.3. The van der Waals surface area contributed by atoms with Gasteiger partial charge < -0.3 is 0 Å². The number of benzene rings is 2. The molecule has 6 heteroatoms. The van der Waals surface area contributed by atoms with Crippen molar-refractivity contribution in [3.05, 3.63) is 71.5 Å². The van der Waals surface area contributed by atoms with E-state index in [1.54, 1.807) is 0 Å². The van der Waals surface area contributed by atoms with Crippen LogP contribution in [0, 0.1) is 0 Å². The van der Waals surface area contributed by atoms with Crippen molar-refractivity contribution < 1.29 is 8.42 Å². The largest absolute Gasteiger partial charge is 0.243 e. The lowest BCUT2D eigenvalue weighted by Crippen LogP contribution is -2.27. The Labute approximate surface area is 140 Å². The lowest BCUT2D eigenvalue weighted by atomic mass is 10.0. The van der Waals surface area contributed by atoms with Crippen LogP contribution in [0.4, 0.5) is 0 Å². The van der Waals surface area contributed by atoms with Crippen LogP contribution < -0.4 is 4.72 Å². The van der Waals surface area contributed by atoms with Crippen LogP contribution in [0.2, 0.25) is 5.15 Å². The highest BCUT2D eigenvalue weighted by Gasteiger charge is 2.19. The van der Waals surface area contributed by atoms with E-state index in [9.17, 15) is 8.42 Å². The van der Waals surface area contributed by atoms with Gasteiger partial charge in [0.05, 0.1) is 0 Å². The first-order valence-electron chi connectivity index (χ1n) is 7.09. The molecule has 1 heterocycles. The second-order valence-corrected chi connectivity index (χ2v) is 7.33. The van der Waals surface area contributed by atoms with E-state index in [1.165, 1.54) is 18.3 Å². The van der Waals surface area contributed by atoms with Gasteiger partial charge in [-0.1, -0.05) is 54.1 Å². The maximum absolute atomic E-state index is 12.5. The molecular weight excluding hydrogens is 332 g/mol. The number of fused-ring (bicyclic) bond motifs is 1. The molecule has 0 spiro atoms. The highest BCUT2D eigenvalue weighted by Crippen LogP contribution is 2.25. The fourth-order valence-electron chi connectivity index (χ4n) is 2.51. The van der Waals surface area contributed by atoms with Crippen LogP contribution in [-0.4, -0.2) is 13.4 Å². The number of sulfonamides is 1. The molecule has 4 nitrogen and oxygen atoms in total. The molecule has 0 aliphatic heterocycles. The molecule has 0 radical (unpaired) electrons. The minimum atomic E-state index is -3.66. The molecule has 0 bridgehead atoms. The van der Waals surface area contributed by atoms with Gasteiger partial charge in [0.25, 0.3) is 0 Å². The van der Waals surface area contributed by atoms with Gasteiger partial charge in [0.2, 0.25) is 10.0 Å². The zero-order chi connectivity index (χ0) is 16.4. The van der Waals surface area contributed by atoms with E-state index >= 15 is 0 Å². The van der Waals surface area contributed by atoms with E-state index in [4.69, 9.17) is 11.6 Å². The van der Waals surface area contributed by atoms with Crippen molar-refractivity contribution in [1.82, 2.24) is 9.71 Å². The minimum Gasteiger partial charge on any atom is -0.243 e. The van der Waals surface area contributed by atoms with E-state index in [1.807, 2.05) is 49.4 Å². The maximum Gasteiger partial charge on any atom is 0.242 e. The van der Waals surface area contributed by atoms with E-state index < -0.39 is 10.0 Å². The van der Waals surface area contributed by atoms with Gasteiger partial charge in [0.15, 0.2) is 0 Å². The van der Waals surface area contributed by atoms with Gasteiger partial charge in [-0.15, -0.1) is 0 Å². The number of aromatic nitrogens is 1. The van der Waals surface area contributed by atoms with Crippen molar-refractivity contribution in [3.63, 3.8) is 0 Å². The van der Waals surface area contributed by atoms with E-state index in [2.05, 4.69) is 9.71 Å². The smallest absolute Gasteiger partial charge is 0.242 e. The maximum atomic E-state index is 12.5. The number of rotatable bonds is 4. The normalized spacial score (nSPS) is 13.1. The van der Waals surface area contributed by atoms with E-state index in [0.717, 1.165) is 16.3 Å². The molecule has 1 atom stereocenters. The number of hydrogen-bond donors (Lipinski definition) is 1. The second kappa shape index (κ2) is 6.28. The summed E-state index contributed by atoms with van der Waals surface area (Å²) >= 11 is 5.70. The van der Waals surface area contributed by atoms with Gasteiger partial charge in [-0.05, 0) is 35.4 Å².